The number of benzene rings is 1. The lowest BCUT2D eigenvalue weighted by Crippen LogP contribution is -2.03. The third-order valence-corrected chi connectivity index (χ3v) is 1.52. The first-order chi connectivity index (χ1) is 6.25. The highest BCUT2D eigenvalue weighted by atomic mass is 16.4. The highest BCUT2D eigenvalue weighted by molar-refractivity contribution is 5.98. The van der Waals surface area contributed by atoms with Crippen molar-refractivity contribution in [3.05, 3.63) is 35.4 Å². The molecule has 1 rings (SSSR count). The van der Waals surface area contributed by atoms with Crippen LogP contribution in [0, 0.1) is 0 Å². The third-order valence-electron chi connectivity index (χ3n) is 1.52. The van der Waals surface area contributed by atoms with Crippen molar-refractivity contribution in [3.63, 3.8) is 0 Å². The Morgan fingerprint density at radius 3 is 2.85 bits per heavy atom. The largest absolute Gasteiger partial charge is 0.478 e. The Hall–Kier alpha value is -1.84. The van der Waals surface area contributed by atoms with E-state index >= 15 is 0 Å². The minimum Gasteiger partial charge on any atom is -0.478 e. The van der Waals surface area contributed by atoms with Gasteiger partial charge in [-0.05, 0) is 6.07 Å². The van der Waals surface area contributed by atoms with E-state index in [1.165, 1.54) is 6.21 Å². The molecule has 0 bridgehead atoms. The second-order valence-corrected chi connectivity index (χ2v) is 2.37. The van der Waals surface area contributed by atoms with Crippen molar-refractivity contribution in [1.29, 1.82) is 0 Å². The van der Waals surface area contributed by atoms with Crippen molar-refractivity contribution in [2.24, 2.45) is 5.10 Å². The Morgan fingerprint density at radius 2 is 2.23 bits per heavy atom. The van der Waals surface area contributed by atoms with E-state index in [0.29, 0.717) is 5.56 Å². The van der Waals surface area contributed by atoms with E-state index < -0.39 is 5.97 Å². The third kappa shape index (κ3) is 2.30. The smallest absolute Gasteiger partial charge is 0.336 e. The fraction of sp³-hybridized carbons (Fsp3) is 0.111. The summed E-state index contributed by atoms with van der Waals surface area (Å²) in [7, 11) is 1.65. The lowest BCUT2D eigenvalue weighted by molar-refractivity contribution is 0.0697. The molecule has 0 amide bonds. The maximum Gasteiger partial charge on any atom is 0.336 e. The molecule has 0 saturated heterocycles. The second-order valence-electron chi connectivity index (χ2n) is 2.37. The molecule has 0 aliphatic heterocycles. The van der Waals surface area contributed by atoms with Gasteiger partial charge in [-0.3, -0.25) is 0 Å². The molecule has 0 heterocycles. The first-order valence-electron chi connectivity index (χ1n) is 3.78. The number of aromatic carboxylic acids is 1. The Labute approximate surface area is 75.9 Å². The zero-order chi connectivity index (χ0) is 9.68. The summed E-state index contributed by atoms with van der Waals surface area (Å²) in [6, 6.07) is 6.69. The van der Waals surface area contributed by atoms with Crippen LogP contribution in [0.1, 0.15) is 15.9 Å². The molecule has 1 aromatic rings. The predicted octanol–water partition coefficient (Wildman–Crippen LogP) is 0.938. The minimum absolute atomic E-state index is 0.251. The zero-order valence-corrected chi connectivity index (χ0v) is 7.19. The van der Waals surface area contributed by atoms with Crippen LogP contribution < -0.4 is 5.43 Å². The average molecular weight is 178 g/mol. The number of nitrogens with zero attached hydrogens (tertiary/aromatic N) is 1. The quantitative estimate of drug-likeness (QED) is 0.534. The predicted molar refractivity (Wildman–Crippen MR) is 50.1 cm³/mol. The topological polar surface area (TPSA) is 61.7 Å². The Morgan fingerprint density at radius 1 is 1.54 bits per heavy atom. The van der Waals surface area contributed by atoms with Crippen LogP contribution in [-0.4, -0.2) is 24.3 Å². The van der Waals surface area contributed by atoms with Crippen molar-refractivity contribution in [1.82, 2.24) is 5.43 Å². The van der Waals surface area contributed by atoms with Crippen LogP contribution in [0.25, 0.3) is 0 Å². The lowest BCUT2D eigenvalue weighted by Gasteiger charge is -1.98. The molecule has 0 saturated carbocycles. The van der Waals surface area contributed by atoms with Gasteiger partial charge < -0.3 is 10.5 Å². The van der Waals surface area contributed by atoms with E-state index in [2.05, 4.69) is 10.5 Å². The maximum absolute atomic E-state index is 10.7. The van der Waals surface area contributed by atoms with E-state index in [1.54, 1.807) is 31.3 Å². The molecule has 0 radical (unpaired) electrons. The summed E-state index contributed by atoms with van der Waals surface area (Å²) in [6.07, 6.45) is 1.48. The maximum atomic E-state index is 10.7. The van der Waals surface area contributed by atoms with Gasteiger partial charge in [-0.1, -0.05) is 18.2 Å². The van der Waals surface area contributed by atoms with Crippen molar-refractivity contribution in [2.45, 2.75) is 0 Å². The zero-order valence-electron chi connectivity index (χ0n) is 7.19. The Kier molecular flexibility index (Phi) is 3.03. The molecule has 0 unspecified atom stereocenters. The van der Waals surface area contributed by atoms with Crippen LogP contribution in [0.3, 0.4) is 0 Å². The summed E-state index contributed by atoms with van der Waals surface area (Å²) in [5.74, 6) is -0.946. The highest BCUT2D eigenvalue weighted by Gasteiger charge is 2.05. The van der Waals surface area contributed by atoms with Gasteiger partial charge in [0.05, 0.1) is 11.8 Å². The molecule has 0 aromatic heterocycles. The first kappa shape index (κ1) is 9.25. The van der Waals surface area contributed by atoms with Gasteiger partial charge in [-0.2, -0.15) is 5.10 Å². The Bertz CT molecular complexity index is 334. The van der Waals surface area contributed by atoms with Gasteiger partial charge >= 0.3 is 5.97 Å². The molecule has 1 aromatic carbocycles. The van der Waals surface area contributed by atoms with Crippen LogP contribution in [-0.2, 0) is 0 Å². The molecule has 0 atom stereocenters. The standard InChI is InChI=1S/C9H10N2O2/c1-10-11-6-7-4-2-3-5-8(7)9(12)13/h2-6,10H,1H3,(H,12,13)/b11-6+. The number of carboxylic acids is 1. The van der Waals surface area contributed by atoms with Gasteiger partial charge in [0, 0.05) is 12.6 Å². The van der Waals surface area contributed by atoms with Crippen LogP contribution in [0.5, 0.6) is 0 Å². The summed E-state index contributed by atoms with van der Waals surface area (Å²) in [5, 5.41) is 12.5. The lowest BCUT2D eigenvalue weighted by atomic mass is 10.1. The van der Waals surface area contributed by atoms with Gasteiger partial charge in [0.25, 0.3) is 0 Å². The molecule has 0 aliphatic rings. The van der Waals surface area contributed by atoms with E-state index in [0.717, 1.165) is 0 Å². The highest BCUT2D eigenvalue weighted by Crippen LogP contribution is 2.05. The second kappa shape index (κ2) is 4.25. The van der Waals surface area contributed by atoms with Crippen molar-refractivity contribution in [2.75, 3.05) is 7.05 Å². The number of rotatable bonds is 3. The van der Waals surface area contributed by atoms with E-state index in [-0.39, 0.29) is 5.56 Å². The molecule has 0 fully saturated rings. The molecule has 0 spiro atoms. The number of hydrogen-bond donors (Lipinski definition) is 2. The summed E-state index contributed by atoms with van der Waals surface area (Å²) in [4.78, 5) is 10.7. The monoisotopic (exact) mass is 178 g/mol. The summed E-state index contributed by atoms with van der Waals surface area (Å²) < 4.78 is 0. The van der Waals surface area contributed by atoms with Crippen molar-refractivity contribution < 1.29 is 9.90 Å². The summed E-state index contributed by atoms with van der Waals surface area (Å²) >= 11 is 0. The van der Waals surface area contributed by atoms with Crippen molar-refractivity contribution in [3.8, 4) is 0 Å². The molecule has 4 heteroatoms. The fourth-order valence-electron chi connectivity index (χ4n) is 0.938. The summed E-state index contributed by atoms with van der Waals surface area (Å²) in [6.45, 7) is 0. The number of hydrogen-bond acceptors (Lipinski definition) is 3. The molecular formula is C9H10N2O2. The normalized spacial score (nSPS) is 10.2. The van der Waals surface area contributed by atoms with Gasteiger partial charge in [0.2, 0.25) is 0 Å². The first-order valence-corrected chi connectivity index (χ1v) is 3.78. The Balaban J connectivity index is 3.05. The van der Waals surface area contributed by atoms with Crippen LogP contribution in [0.4, 0.5) is 0 Å². The molecular weight excluding hydrogens is 168 g/mol. The van der Waals surface area contributed by atoms with Crippen LogP contribution in [0.15, 0.2) is 29.4 Å². The van der Waals surface area contributed by atoms with Gasteiger partial charge in [-0.15, -0.1) is 0 Å². The van der Waals surface area contributed by atoms with Crippen molar-refractivity contribution >= 4 is 12.2 Å². The number of nitrogens with one attached hydrogen (secondary N) is 1. The number of carbonyl (C=O) groups is 1. The van der Waals surface area contributed by atoms with E-state index in [1.807, 2.05) is 0 Å². The number of carboxylic acid groups (broad SMARTS) is 1. The number of hydrazone groups is 1. The van der Waals surface area contributed by atoms with E-state index in [4.69, 9.17) is 5.11 Å². The fourth-order valence-corrected chi connectivity index (χ4v) is 0.938. The van der Waals surface area contributed by atoms with Gasteiger partial charge in [0.1, 0.15) is 0 Å². The SMILES string of the molecule is CN/N=C/c1ccccc1C(=O)O. The molecule has 68 valence electrons. The molecule has 2 N–H and O–H groups in total. The van der Waals surface area contributed by atoms with Crippen LogP contribution in [0.2, 0.25) is 0 Å². The molecule has 0 aliphatic carbocycles. The van der Waals surface area contributed by atoms with E-state index in [9.17, 15) is 4.79 Å². The van der Waals surface area contributed by atoms with Gasteiger partial charge in [-0.25, -0.2) is 4.79 Å². The van der Waals surface area contributed by atoms with Gasteiger partial charge in [0.15, 0.2) is 0 Å². The molecule has 4 nitrogen and oxygen atoms in total. The van der Waals surface area contributed by atoms with Crippen LogP contribution >= 0.6 is 0 Å². The average Bonchev–Trinajstić information content (AvgIpc) is 2.15. The minimum atomic E-state index is -0.946. The summed E-state index contributed by atoms with van der Waals surface area (Å²) in [5.41, 5.74) is 3.40. The molecule has 13 heavy (non-hydrogen) atoms.